The number of carbonyl (C=O) groups excluding carboxylic acids is 2. The Bertz CT molecular complexity index is 1110. The van der Waals surface area contributed by atoms with Gasteiger partial charge in [-0.05, 0) is 37.6 Å². The number of hydrogen-bond donors (Lipinski definition) is 2. The molecule has 2 aromatic carbocycles. The van der Waals surface area contributed by atoms with Gasteiger partial charge < -0.3 is 14.8 Å². The number of esters is 1. The normalized spacial score (nSPS) is 16.1. The summed E-state index contributed by atoms with van der Waals surface area (Å²) in [6.45, 7) is 1.70. The van der Waals surface area contributed by atoms with Crippen LogP contribution < -0.4 is 14.8 Å². The molecule has 1 amide bonds. The second-order valence-corrected chi connectivity index (χ2v) is 8.41. The summed E-state index contributed by atoms with van der Waals surface area (Å²) in [7, 11) is -2.10. The number of amides is 1. The Labute approximate surface area is 180 Å². The van der Waals surface area contributed by atoms with Crippen LogP contribution in [-0.2, 0) is 24.3 Å². The second kappa shape index (κ2) is 9.61. The van der Waals surface area contributed by atoms with Crippen molar-refractivity contribution < 1.29 is 27.5 Å². The number of carbonyl (C=O) groups is 2. The van der Waals surface area contributed by atoms with Gasteiger partial charge in [-0.15, -0.1) is 0 Å². The largest absolute Gasteiger partial charge is 0.495 e. The first-order chi connectivity index (χ1) is 14.8. The first-order valence-electron chi connectivity index (χ1n) is 9.62. The number of aliphatic imine (C=N–C) groups is 1. The molecule has 2 N–H and O–H groups in total. The Morgan fingerprint density at radius 2 is 1.84 bits per heavy atom. The van der Waals surface area contributed by atoms with Crippen molar-refractivity contribution in [3.8, 4) is 5.75 Å². The maximum atomic E-state index is 12.3. The van der Waals surface area contributed by atoms with Gasteiger partial charge in [-0.25, -0.2) is 8.42 Å². The van der Waals surface area contributed by atoms with Crippen molar-refractivity contribution in [3.63, 3.8) is 0 Å². The van der Waals surface area contributed by atoms with Crippen molar-refractivity contribution in [2.45, 2.75) is 30.8 Å². The molecule has 1 atom stereocenters. The molecule has 0 saturated carbocycles. The van der Waals surface area contributed by atoms with Crippen molar-refractivity contribution in [2.75, 3.05) is 19.0 Å². The molecular formula is C21H23N3O6S. The number of hydrogen-bond acceptors (Lipinski definition) is 7. The Balaban J connectivity index is 1.47. The van der Waals surface area contributed by atoms with Crippen LogP contribution in [0.2, 0.25) is 0 Å². The van der Waals surface area contributed by atoms with Gasteiger partial charge in [-0.1, -0.05) is 24.3 Å². The molecule has 31 heavy (non-hydrogen) atoms. The Morgan fingerprint density at radius 3 is 2.61 bits per heavy atom. The van der Waals surface area contributed by atoms with E-state index in [1.807, 2.05) is 0 Å². The minimum Gasteiger partial charge on any atom is -0.495 e. The molecule has 0 saturated heterocycles. The molecule has 0 spiro atoms. The van der Waals surface area contributed by atoms with Crippen LogP contribution in [0.1, 0.15) is 25.3 Å². The Hall–Kier alpha value is -3.40. The monoisotopic (exact) mass is 445 g/mol. The summed E-state index contributed by atoms with van der Waals surface area (Å²) in [6.07, 6.45) is -0.609. The smallest absolute Gasteiger partial charge is 0.306 e. The molecule has 3 rings (SSSR count). The average Bonchev–Trinajstić information content (AvgIpc) is 3.02. The quantitative estimate of drug-likeness (QED) is 0.474. The van der Waals surface area contributed by atoms with Crippen LogP contribution in [0.15, 0.2) is 58.4 Å². The van der Waals surface area contributed by atoms with Gasteiger partial charge in [0.1, 0.15) is 11.6 Å². The fraction of sp³-hybridized carbons (Fsp3) is 0.286. The number of rotatable bonds is 8. The lowest BCUT2D eigenvalue weighted by molar-refractivity contribution is -0.153. The van der Waals surface area contributed by atoms with Gasteiger partial charge in [0.05, 0.1) is 17.7 Å². The van der Waals surface area contributed by atoms with Crippen LogP contribution in [0.3, 0.4) is 0 Å². The van der Waals surface area contributed by atoms with E-state index in [9.17, 15) is 18.0 Å². The number of sulfonamides is 1. The maximum Gasteiger partial charge on any atom is 0.306 e. The van der Waals surface area contributed by atoms with Gasteiger partial charge in [0.25, 0.3) is 15.9 Å². The minimum atomic E-state index is -3.59. The zero-order valence-electron chi connectivity index (χ0n) is 17.1. The van der Waals surface area contributed by atoms with E-state index >= 15 is 0 Å². The number of benzene rings is 2. The van der Waals surface area contributed by atoms with Gasteiger partial charge in [-0.3, -0.25) is 19.3 Å². The lowest BCUT2D eigenvalue weighted by Gasteiger charge is -2.15. The van der Waals surface area contributed by atoms with E-state index in [4.69, 9.17) is 9.47 Å². The van der Waals surface area contributed by atoms with Crippen molar-refractivity contribution in [2.24, 2.45) is 4.99 Å². The van der Waals surface area contributed by atoms with E-state index in [-0.39, 0.29) is 23.7 Å². The lowest BCUT2D eigenvalue weighted by atomic mass is 10.2. The SMILES string of the molecule is COc1ccccc1NC(=O)[C@@H](C)OC(=O)CCCN=C1NS(=O)(=O)c2ccccc21. The van der Waals surface area contributed by atoms with E-state index in [0.717, 1.165) is 0 Å². The number of anilines is 1. The number of ether oxygens (including phenoxy) is 2. The molecular weight excluding hydrogens is 422 g/mol. The van der Waals surface area contributed by atoms with E-state index < -0.39 is 28.0 Å². The fourth-order valence-corrected chi connectivity index (χ4v) is 4.21. The molecule has 1 heterocycles. The third kappa shape index (κ3) is 5.40. The first-order valence-corrected chi connectivity index (χ1v) is 11.1. The molecule has 10 heteroatoms. The van der Waals surface area contributed by atoms with E-state index in [1.165, 1.54) is 20.1 Å². The van der Waals surface area contributed by atoms with Crippen LogP contribution in [0.5, 0.6) is 5.75 Å². The Kier molecular flexibility index (Phi) is 6.91. The van der Waals surface area contributed by atoms with Gasteiger partial charge in [0.15, 0.2) is 6.10 Å². The van der Waals surface area contributed by atoms with Crippen LogP contribution in [0, 0.1) is 0 Å². The number of nitrogens with zero attached hydrogens (tertiary/aromatic N) is 1. The summed E-state index contributed by atoms with van der Waals surface area (Å²) in [6, 6.07) is 13.5. The molecule has 0 bridgehead atoms. The standard InChI is InChI=1S/C21H23N3O6S/c1-14(21(26)23-16-9-4-5-10-17(16)29-2)30-19(25)12-7-13-22-20-15-8-3-6-11-18(15)31(27,28)24-20/h3-6,8-11,14H,7,12-13H2,1-2H3,(H,22,24)(H,23,26)/t14-/m1/s1. The molecule has 0 unspecified atom stereocenters. The Morgan fingerprint density at radius 1 is 1.13 bits per heavy atom. The predicted molar refractivity (Wildman–Crippen MR) is 115 cm³/mol. The highest BCUT2D eigenvalue weighted by Crippen LogP contribution is 2.24. The molecule has 1 aliphatic heterocycles. The molecule has 9 nitrogen and oxygen atoms in total. The highest BCUT2D eigenvalue weighted by Gasteiger charge is 2.29. The summed E-state index contributed by atoms with van der Waals surface area (Å²) >= 11 is 0. The summed E-state index contributed by atoms with van der Waals surface area (Å²) < 4.78 is 36.8. The van der Waals surface area contributed by atoms with E-state index in [1.54, 1.807) is 42.5 Å². The van der Waals surface area contributed by atoms with Gasteiger partial charge in [0.2, 0.25) is 0 Å². The van der Waals surface area contributed by atoms with Crippen molar-refractivity contribution in [3.05, 3.63) is 54.1 Å². The van der Waals surface area contributed by atoms with Crippen LogP contribution in [0.25, 0.3) is 0 Å². The molecule has 164 valence electrons. The molecule has 1 aliphatic rings. The van der Waals surface area contributed by atoms with Crippen LogP contribution >= 0.6 is 0 Å². The minimum absolute atomic E-state index is 0.0391. The van der Waals surface area contributed by atoms with E-state index in [0.29, 0.717) is 23.4 Å². The number of para-hydroxylation sites is 2. The number of methoxy groups -OCH3 is 1. The predicted octanol–water partition coefficient (Wildman–Crippen LogP) is 2.08. The summed E-state index contributed by atoms with van der Waals surface area (Å²) in [5.41, 5.74) is 0.986. The zero-order chi connectivity index (χ0) is 22.4. The van der Waals surface area contributed by atoms with Crippen molar-refractivity contribution in [1.29, 1.82) is 0 Å². The second-order valence-electron chi connectivity index (χ2n) is 6.76. The number of amidine groups is 1. The topological polar surface area (TPSA) is 123 Å². The first kappa shape index (κ1) is 22.3. The van der Waals surface area contributed by atoms with Gasteiger partial charge >= 0.3 is 5.97 Å². The fourth-order valence-electron chi connectivity index (χ4n) is 2.96. The van der Waals surface area contributed by atoms with Crippen LogP contribution in [0.4, 0.5) is 5.69 Å². The van der Waals surface area contributed by atoms with Crippen molar-refractivity contribution >= 4 is 33.4 Å². The molecule has 2 aromatic rings. The highest BCUT2D eigenvalue weighted by molar-refractivity contribution is 7.90. The molecule has 0 aliphatic carbocycles. The van der Waals surface area contributed by atoms with E-state index in [2.05, 4.69) is 15.0 Å². The number of fused-ring (bicyclic) bond motifs is 1. The summed E-state index contributed by atoms with van der Waals surface area (Å²) in [4.78, 5) is 28.7. The van der Waals surface area contributed by atoms with Crippen molar-refractivity contribution in [1.82, 2.24) is 4.72 Å². The third-order valence-corrected chi connectivity index (χ3v) is 5.91. The maximum absolute atomic E-state index is 12.3. The molecule has 0 aromatic heterocycles. The number of nitrogens with one attached hydrogen (secondary N) is 2. The molecule has 0 radical (unpaired) electrons. The zero-order valence-corrected chi connectivity index (χ0v) is 17.9. The lowest BCUT2D eigenvalue weighted by Crippen LogP contribution is -2.30. The summed E-state index contributed by atoms with van der Waals surface area (Å²) in [5, 5.41) is 2.66. The average molecular weight is 445 g/mol. The van der Waals surface area contributed by atoms with Gasteiger partial charge in [0, 0.05) is 18.5 Å². The third-order valence-electron chi connectivity index (χ3n) is 4.51. The summed E-state index contributed by atoms with van der Waals surface area (Å²) in [5.74, 6) is -0.267. The molecule has 0 fully saturated rings. The van der Waals surface area contributed by atoms with Gasteiger partial charge in [-0.2, -0.15) is 0 Å². The highest BCUT2D eigenvalue weighted by atomic mass is 32.2. The van der Waals surface area contributed by atoms with Crippen LogP contribution in [-0.4, -0.2) is 45.9 Å².